The average Bonchev–Trinajstić information content (AvgIpc) is 2.34. The van der Waals surface area contributed by atoms with Crippen molar-refractivity contribution in [2.24, 2.45) is 0 Å². The predicted molar refractivity (Wildman–Crippen MR) is 64.1 cm³/mol. The second-order valence-electron chi connectivity index (χ2n) is 3.44. The third-order valence-electron chi connectivity index (χ3n) is 2.20. The Morgan fingerprint density at radius 2 is 2.11 bits per heavy atom. The molecular weight excluding hydrogens is 280 g/mol. The number of nitrogens with zero attached hydrogens (tertiary/aromatic N) is 1. The van der Waals surface area contributed by atoms with Gasteiger partial charge in [-0.1, -0.05) is 17.7 Å². The SMILES string of the molecule is O=C(N[C@H](CO)C(=O)O)c1cccc(Cl)c1[N+](=O)[O-]. The summed E-state index contributed by atoms with van der Waals surface area (Å²) in [5, 5.41) is 30.0. The Hall–Kier alpha value is -2.19. The molecule has 1 aromatic rings. The molecular formula is C10H9ClN2O6. The molecule has 0 fully saturated rings. The summed E-state index contributed by atoms with van der Waals surface area (Å²) in [7, 11) is 0. The molecule has 8 nitrogen and oxygen atoms in total. The van der Waals surface area contributed by atoms with E-state index in [0.717, 1.165) is 6.07 Å². The van der Waals surface area contributed by atoms with E-state index in [1.165, 1.54) is 12.1 Å². The molecule has 0 heterocycles. The first-order valence-electron chi connectivity index (χ1n) is 4.96. The molecule has 0 aliphatic rings. The van der Waals surface area contributed by atoms with Gasteiger partial charge < -0.3 is 15.5 Å². The van der Waals surface area contributed by atoms with Crippen LogP contribution in [-0.2, 0) is 4.79 Å². The first-order chi connectivity index (χ1) is 8.88. The van der Waals surface area contributed by atoms with Gasteiger partial charge in [0.05, 0.1) is 11.5 Å². The number of amides is 1. The van der Waals surface area contributed by atoms with Gasteiger partial charge in [-0.05, 0) is 12.1 Å². The number of carboxylic acid groups (broad SMARTS) is 1. The largest absolute Gasteiger partial charge is 0.480 e. The second kappa shape index (κ2) is 6.12. The number of aliphatic hydroxyl groups excluding tert-OH is 1. The van der Waals surface area contributed by atoms with Crippen LogP contribution in [0.15, 0.2) is 18.2 Å². The molecule has 0 unspecified atom stereocenters. The van der Waals surface area contributed by atoms with Crippen LogP contribution in [0.2, 0.25) is 5.02 Å². The molecule has 1 aromatic carbocycles. The van der Waals surface area contributed by atoms with Crippen molar-refractivity contribution in [1.82, 2.24) is 5.32 Å². The highest BCUT2D eigenvalue weighted by Gasteiger charge is 2.26. The summed E-state index contributed by atoms with van der Waals surface area (Å²) < 4.78 is 0. The van der Waals surface area contributed by atoms with Gasteiger partial charge >= 0.3 is 11.7 Å². The quantitative estimate of drug-likeness (QED) is 0.532. The van der Waals surface area contributed by atoms with Crippen molar-refractivity contribution < 1.29 is 24.7 Å². The number of carbonyl (C=O) groups excluding carboxylic acids is 1. The van der Waals surface area contributed by atoms with Crippen LogP contribution in [0.3, 0.4) is 0 Å². The van der Waals surface area contributed by atoms with Gasteiger partial charge in [-0.25, -0.2) is 4.79 Å². The van der Waals surface area contributed by atoms with Gasteiger partial charge in [0.15, 0.2) is 6.04 Å². The fourth-order valence-electron chi connectivity index (χ4n) is 1.31. The van der Waals surface area contributed by atoms with Crippen LogP contribution in [0, 0.1) is 10.1 Å². The van der Waals surface area contributed by atoms with Crippen molar-refractivity contribution >= 4 is 29.2 Å². The first-order valence-corrected chi connectivity index (χ1v) is 5.33. The average molecular weight is 289 g/mol. The summed E-state index contributed by atoms with van der Waals surface area (Å²) in [5.41, 5.74) is -0.999. The van der Waals surface area contributed by atoms with E-state index in [0.29, 0.717) is 0 Å². The number of nitro benzene ring substituents is 1. The predicted octanol–water partition coefficient (Wildman–Crippen LogP) is 0.423. The molecule has 9 heteroatoms. The van der Waals surface area contributed by atoms with Crippen molar-refractivity contribution in [3.05, 3.63) is 38.9 Å². The molecule has 3 N–H and O–H groups in total. The molecule has 0 radical (unpaired) electrons. The minimum Gasteiger partial charge on any atom is -0.480 e. The van der Waals surface area contributed by atoms with Crippen molar-refractivity contribution in [2.75, 3.05) is 6.61 Å². The zero-order valence-corrected chi connectivity index (χ0v) is 10.1. The maximum atomic E-state index is 11.7. The minimum absolute atomic E-state index is 0.242. The van der Waals surface area contributed by atoms with Gasteiger partial charge in [-0.3, -0.25) is 14.9 Å². The van der Waals surface area contributed by atoms with Gasteiger partial charge in [0.2, 0.25) is 0 Å². The number of benzene rings is 1. The van der Waals surface area contributed by atoms with Gasteiger partial charge in [-0.2, -0.15) is 0 Å². The Bertz CT molecular complexity index is 533. The minimum atomic E-state index is -1.55. The number of carboxylic acids is 1. The highest BCUT2D eigenvalue weighted by Crippen LogP contribution is 2.28. The maximum absolute atomic E-state index is 11.7. The van der Waals surface area contributed by atoms with E-state index in [1.54, 1.807) is 0 Å². The Balaban J connectivity index is 3.10. The van der Waals surface area contributed by atoms with E-state index in [1.807, 2.05) is 5.32 Å². The highest BCUT2D eigenvalue weighted by molar-refractivity contribution is 6.33. The molecule has 1 atom stereocenters. The number of aliphatic hydroxyl groups is 1. The third-order valence-corrected chi connectivity index (χ3v) is 2.50. The molecule has 1 amide bonds. The third kappa shape index (κ3) is 3.39. The molecule has 0 bridgehead atoms. The van der Waals surface area contributed by atoms with Gasteiger partial charge in [-0.15, -0.1) is 0 Å². The zero-order valence-electron chi connectivity index (χ0n) is 9.37. The molecule has 0 aromatic heterocycles. The van der Waals surface area contributed by atoms with Gasteiger partial charge in [0, 0.05) is 0 Å². The smallest absolute Gasteiger partial charge is 0.328 e. The monoisotopic (exact) mass is 288 g/mol. The Labute approximate surface area is 111 Å². The molecule has 1 rings (SSSR count). The summed E-state index contributed by atoms with van der Waals surface area (Å²) in [6.07, 6.45) is 0. The van der Waals surface area contributed by atoms with E-state index in [2.05, 4.69) is 0 Å². The van der Waals surface area contributed by atoms with Crippen LogP contribution in [0.1, 0.15) is 10.4 Å². The highest BCUT2D eigenvalue weighted by atomic mass is 35.5. The fraction of sp³-hybridized carbons (Fsp3) is 0.200. The Morgan fingerprint density at radius 1 is 1.47 bits per heavy atom. The van der Waals surface area contributed by atoms with Crippen LogP contribution >= 0.6 is 11.6 Å². The van der Waals surface area contributed by atoms with Crippen molar-refractivity contribution in [3.8, 4) is 0 Å². The number of hydrogen-bond donors (Lipinski definition) is 3. The summed E-state index contributed by atoms with van der Waals surface area (Å²) in [5.74, 6) is -2.46. The van der Waals surface area contributed by atoms with E-state index < -0.39 is 35.1 Å². The standard InChI is InChI=1S/C10H9ClN2O6/c11-6-3-1-2-5(8(6)13(18)19)9(15)12-7(4-14)10(16)17/h1-3,7,14H,4H2,(H,12,15)(H,16,17)/t7-/m1/s1. The second-order valence-corrected chi connectivity index (χ2v) is 3.85. The number of halogens is 1. The number of nitrogens with one attached hydrogen (secondary N) is 1. The Kier molecular flexibility index (Phi) is 4.79. The molecule has 0 spiro atoms. The number of carbonyl (C=O) groups is 2. The van der Waals surface area contributed by atoms with Crippen LogP contribution in [0.25, 0.3) is 0 Å². The van der Waals surface area contributed by atoms with Crippen LogP contribution in [-0.4, -0.2) is 39.7 Å². The number of aliphatic carboxylic acids is 1. The van der Waals surface area contributed by atoms with E-state index in [-0.39, 0.29) is 10.6 Å². The van der Waals surface area contributed by atoms with Crippen LogP contribution < -0.4 is 5.32 Å². The molecule has 0 saturated heterocycles. The zero-order chi connectivity index (χ0) is 14.6. The number of nitro groups is 1. The van der Waals surface area contributed by atoms with Crippen LogP contribution in [0.5, 0.6) is 0 Å². The lowest BCUT2D eigenvalue weighted by Crippen LogP contribution is -2.43. The van der Waals surface area contributed by atoms with Crippen molar-refractivity contribution in [2.45, 2.75) is 6.04 Å². The lowest BCUT2D eigenvalue weighted by molar-refractivity contribution is -0.385. The normalized spacial score (nSPS) is 11.7. The molecule has 0 aliphatic carbocycles. The lowest BCUT2D eigenvalue weighted by atomic mass is 10.1. The number of rotatable bonds is 5. The summed E-state index contributed by atoms with van der Waals surface area (Å²) in [6.45, 7) is -0.838. The van der Waals surface area contributed by atoms with Crippen molar-refractivity contribution in [1.29, 1.82) is 0 Å². The lowest BCUT2D eigenvalue weighted by Gasteiger charge is -2.11. The van der Waals surface area contributed by atoms with E-state index >= 15 is 0 Å². The van der Waals surface area contributed by atoms with Gasteiger partial charge in [0.1, 0.15) is 10.6 Å². The fourth-order valence-corrected chi connectivity index (χ4v) is 1.55. The topological polar surface area (TPSA) is 130 Å². The van der Waals surface area contributed by atoms with Crippen molar-refractivity contribution in [3.63, 3.8) is 0 Å². The Morgan fingerprint density at radius 3 is 2.58 bits per heavy atom. The molecule has 19 heavy (non-hydrogen) atoms. The van der Waals surface area contributed by atoms with E-state index in [4.69, 9.17) is 21.8 Å². The van der Waals surface area contributed by atoms with E-state index in [9.17, 15) is 19.7 Å². The molecule has 0 aliphatic heterocycles. The maximum Gasteiger partial charge on any atom is 0.328 e. The molecule has 0 saturated carbocycles. The van der Waals surface area contributed by atoms with Gasteiger partial charge in [0.25, 0.3) is 5.91 Å². The summed E-state index contributed by atoms with van der Waals surface area (Å²) >= 11 is 5.61. The molecule has 102 valence electrons. The number of para-hydroxylation sites is 1. The summed E-state index contributed by atoms with van der Waals surface area (Å²) in [6, 6.07) is 2.14. The summed E-state index contributed by atoms with van der Waals surface area (Å²) in [4.78, 5) is 32.4. The number of hydrogen-bond acceptors (Lipinski definition) is 5. The first kappa shape index (κ1) is 14.9. The van der Waals surface area contributed by atoms with Crippen LogP contribution in [0.4, 0.5) is 5.69 Å².